The second-order valence-corrected chi connectivity index (χ2v) is 4.73. The van der Waals surface area contributed by atoms with E-state index in [4.69, 9.17) is 4.98 Å². The zero-order valence-corrected chi connectivity index (χ0v) is 10.7. The average Bonchev–Trinajstić information content (AvgIpc) is 2.97. The Morgan fingerprint density at radius 2 is 1.55 bits per heavy atom. The minimum atomic E-state index is 0.249. The summed E-state index contributed by atoms with van der Waals surface area (Å²) in [6.07, 6.45) is 2.02. The van der Waals surface area contributed by atoms with Gasteiger partial charge in [0, 0.05) is 11.8 Å². The van der Waals surface area contributed by atoms with Gasteiger partial charge in [0.25, 0.3) is 0 Å². The summed E-state index contributed by atoms with van der Waals surface area (Å²) in [6, 6.07) is 19.3. The lowest BCUT2D eigenvalue weighted by atomic mass is 10.1. The zero-order valence-electron chi connectivity index (χ0n) is 10.7. The molecule has 0 fully saturated rings. The summed E-state index contributed by atoms with van der Waals surface area (Å²) in [6.45, 7) is 0. The number of para-hydroxylation sites is 3. The first-order valence-corrected chi connectivity index (χ1v) is 6.49. The molecule has 96 valence electrons. The summed E-state index contributed by atoms with van der Waals surface area (Å²) in [5.74, 6) is 0.249. The van der Waals surface area contributed by atoms with E-state index in [9.17, 15) is 5.11 Å². The van der Waals surface area contributed by atoms with Crippen LogP contribution in [0.2, 0.25) is 0 Å². The lowest BCUT2D eigenvalue weighted by Gasteiger charge is -2.09. The zero-order chi connectivity index (χ0) is 13.5. The Hall–Kier alpha value is -2.81. The highest BCUT2D eigenvalue weighted by molar-refractivity contribution is 5.89. The Labute approximate surface area is 115 Å². The van der Waals surface area contributed by atoms with Gasteiger partial charge in [0.2, 0.25) is 0 Å². The van der Waals surface area contributed by atoms with Crippen LogP contribution in [0.5, 0.6) is 5.75 Å². The molecule has 0 saturated carbocycles. The minimum Gasteiger partial charge on any atom is -0.507 e. The summed E-state index contributed by atoms with van der Waals surface area (Å²) in [7, 11) is 0. The van der Waals surface area contributed by atoms with Gasteiger partial charge in [0.1, 0.15) is 5.75 Å². The van der Waals surface area contributed by atoms with E-state index in [0.717, 1.165) is 27.8 Å². The van der Waals surface area contributed by atoms with Gasteiger partial charge in [-0.05, 0) is 36.4 Å². The van der Waals surface area contributed by atoms with Crippen molar-refractivity contribution in [3.63, 3.8) is 0 Å². The molecule has 0 aliphatic carbocycles. The normalized spacial score (nSPS) is 11.2. The van der Waals surface area contributed by atoms with E-state index in [1.54, 1.807) is 6.07 Å². The lowest BCUT2D eigenvalue weighted by molar-refractivity contribution is 0.477. The molecule has 0 aliphatic rings. The molecule has 0 radical (unpaired) electrons. The SMILES string of the molecule is Oc1ccccc1-c1nc2ccccc2n2cccc12. The third-order valence-corrected chi connectivity index (χ3v) is 3.52. The molecular formula is C17H12N2O. The van der Waals surface area contributed by atoms with E-state index in [1.807, 2.05) is 60.8 Å². The van der Waals surface area contributed by atoms with Crippen LogP contribution in [0.15, 0.2) is 66.9 Å². The fraction of sp³-hybridized carbons (Fsp3) is 0. The fourth-order valence-electron chi connectivity index (χ4n) is 2.60. The van der Waals surface area contributed by atoms with Crippen LogP contribution in [-0.4, -0.2) is 14.5 Å². The first kappa shape index (κ1) is 11.1. The second kappa shape index (κ2) is 4.10. The molecule has 3 nitrogen and oxygen atoms in total. The number of benzene rings is 2. The molecule has 4 rings (SSSR count). The molecule has 0 spiro atoms. The van der Waals surface area contributed by atoms with Crippen molar-refractivity contribution in [1.29, 1.82) is 0 Å². The highest BCUT2D eigenvalue weighted by Crippen LogP contribution is 2.32. The van der Waals surface area contributed by atoms with E-state index in [2.05, 4.69) is 4.40 Å². The van der Waals surface area contributed by atoms with Gasteiger partial charge >= 0.3 is 0 Å². The van der Waals surface area contributed by atoms with Gasteiger partial charge in [-0.15, -0.1) is 0 Å². The highest BCUT2D eigenvalue weighted by atomic mass is 16.3. The molecule has 3 heteroatoms. The predicted molar refractivity (Wildman–Crippen MR) is 79.8 cm³/mol. The van der Waals surface area contributed by atoms with Crippen LogP contribution in [-0.2, 0) is 0 Å². The topological polar surface area (TPSA) is 37.5 Å². The van der Waals surface area contributed by atoms with Crippen molar-refractivity contribution in [2.75, 3.05) is 0 Å². The van der Waals surface area contributed by atoms with Crippen LogP contribution in [0, 0.1) is 0 Å². The van der Waals surface area contributed by atoms with Crippen LogP contribution in [0.1, 0.15) is 0 Å². The standard InChI is InChI=1S/C17H12N2O/c20-16-10-4-1-6-12(16)17-15-9-5-11-19(15)14-8-3-2-7-13(14)18-17/h1-11,20H. The number of phenolic OH excluding ortho intramolecular Hbond substituents is 1. The van der Waals surface area contributed by atoms with Crippen LogP contribution in [0.4, 0.5) is 0 Å². The first-order valence-electron chi connectivity index (χ1n) is 6.49. The van der Waals surface area contributed by atoms with Gasteiger partial charge in [-0.2, -0.15) is 0 Å². The molecule has 20 heavy (non-hydrogen) atoms. The van der Waals surface area contributed by atoms with Crippen molar-refractivity contribution >= 4 is 16.6 Å². The monoisotopic (exact) mass is 260 g/mol. The average molecular weight is 260 g/mol. The molecule has 4 aromatic rings. The van der Waals surface area contributed by atoms with Gasteiger partial charge in [-0.1, -0.05) is 24.3 Å². The van der Waals surface area contributed by atoms with Crippen LogP contribution in [0.3, 0.4) is 0 Å². The van der Waals surface area contributed by atoms with Crippen molar-refractivity contribution < 1.29 is 5.11 Å². The number of hydrogen-bond donors (Lipinski definition) is 1. The molecule has 0 bridgehead atoms. The third-order valence-electron chi connectivity index (χ3n) is 3.52. The molecule has 0 atom stereocenters. The predicted octanol–water partition coefficient (Wildman–Crippen LogP) is 3.86. The number of hydrogen-bond acceptors (Lipinski definition) is 2. The summed E-state index contributed by atoms with van der Waals surface area (Å²) >= 11 is 0. The van der Waals surface area contributed by atoms with E-state index in [-0.39, 0.29) is 5.75 Å². The number of phenols is 1. The van der Waals surface area contributed by atoms with Crippen molar-refractivity contribution in [3.05, 3.63) is 66.9 Å². The van der Waals surface area contributed by atoms with Gasteiger partial charge < -0.3 is 9.51 Å². The van der Waals surface area contributed by atoms with Gasteiger partial charge in [-0.25, -0.2) is 4.98 Å². The molecule has 0 unspecified atom stereocenters. The van der Waals surface area contributed by atoms with Crippen LogP contribution in [0.25, 0.3) is 27.8 Å². The summed E-state index contributed by atoms with van der Waals surface area (Å²) in [5.41, 5.74) is 4.51. The third kappa shape index (κ3) is 1.50. The fourth-order valence-corrected chi connectivity index (χ4v) is 2.60. The largest absolute Gasteiger partial charge is 0.507 e. The Morgan fingerprint density at radius 1 is 0.800 bits per heavy atom. The van der Waals surface area contributed by atoms with Crippen LogP contribution < -0.4 is 0 Å². The highest BCUT2D eigenvalue weighted by Gasteiger charge is 2.12. The molecule has 0 amide bonds. The summed E-state index contributed by atoms with van der Waals surface area (Å²) in [4.78, 5) is 4.73. The van der Waals surface area contributed by atoms with E-state index >= 15 is 0 Å². The van der Waals surface area contributed by atoms with E-state index < -0.39 is 0 Å². The summed E-state index contributed by atoms with van der Waals surface area (Å²) in [5, 5.41) is 10.1. The number of fused-ring (bicyclic) bond motifs is 3. The van der Waals surface area contributed by atoms with Gasteiger partial charge in [0.15, 0.2) is 0 Å². The number of aromatic hydroxyl groups is 1. The van der Waals surface area contributed by atoms with E-state index in [0.29, 0.717) is 0 Å². The molecule has 2 aromatic heterocycles. The van der Waals surface area contributed by atoms with Crippen molar-refractivity contribution in [3.8, 4) is 17.0 Å². The summed E-state index contributed by atoms with van der Waals surface area (Å²) < 4.78 is 2.10. The Kier molecular flexibility index (Phi) is 2.27. The van der Waals surface area contributed by atoms with E-state index in [1.165, 1.54) is 0 Å². The smallest absolute Gasteiger partial charge is 0.125 e. The van der Waals surface area contributed by atoms with Crippen molar-refractivity contribution in [2.45, 2.75) is 0 Å². The molecule has 1 N–H and O–H groups in total. The molecule has 0 aliphatic heterocycles. The molecule has 0 saturated heterocycles. The maximum atomic E-state index is 10.1. The molecular weight excluding hydrogens is 248 g/mol. The Morgan fingerprint density at radius 3 is 2.45 bits per heavy atom. The molecule has 2 heterocycles. The minimum absolute atomic E-state index is 0.249. The van der Waals surface area contributed by atoms with Gasteiger partial charge in [0.05, 0.1) is 22.2 Å². The maximum Gasteiger partial charge on any atom is 0.125 e. The quantitative estimate of drug-likeness (QED) is 0.564. The van der Waals surface area contributed by atoms with Crippen molar-refractivity contribution in [2.24, 2.45) is 0 Å². The number of aromatic nitrogens is 2. The molecule has 2 aromatic carbocycles. The lowest BCUT2D eigenvalue weighted by Crippen LogP contribution is -1.94. The first-order chi connectivity index (χ1) is 9.84. The maximum absolute atomic E-state index is 10.1. The Bertz CT molecular complexity index is 924. The Balaban J connectivity index is 2.17. The van der Waals surface area contributed by atoms with Gasteiger partial charge in [-0.3, -0.25) is 0 Å². The van der Waals surface area contributed by atoms with Crippen molar-refractivity contribution in [1.82, 2.24) is 9.38 Å². The second-order valence-electron chi connectivity index (χ2n) is 4.73. The van der Waals surface area contributed by atoms with Crippen LogP contribution >= 0.6 is 0 Å². The number of rotatable bonds is 1. The number of nitrogens with zero attached hydrogens (tertiary/aromatic N) is 2.